The van der Waals surface area contributed by atoms with Crippen molar-refractivity contribution in [2.24, 2.45) is 0 Å². The topological polar surface area (TPSA) is 128 Å². The fraction of sp³-hybridized carbons (Fsp3) is 0.412. The normalized spacial score (nSPS) is 15.4. The van der Waals surface area contributed by atoms with Crippen molar-refractivity contribution in [3.05, 3.63) is 52.7 Å². The molecular weight excluding hydrogens is 384 g/mol. The third kappa shape index (κ3) is 5.14. The van der Waals surface area contributed by atoms with Crippen molar-refractivity contribution in [1.29, 1.82) is 0 Å². The summed E-state index contributed by atoms with van der Waals surface area (Å²) in [5, 5.41) is 2.65. The van der Waals surface area contributed by atoms with Crippen molar-refractivity contribution in [3.63, 3.8) is 0 Å². The number of nitrogens with one attached hydrogen (secondary N) is 2. The Morgan fingerprint density at radius 3 is 2.50 bits per heavy atom. The maximum atomic E-state index is 12.5. The molecule has 3 heterocycles. The Bertz CT molecular complexity index is 935. The molecule has 150 valence electrons. The lowest BCUT2D eigenvalue weighted by Crippen LogP contribution is -2.49. The van der Waals surface area contributed by atoms with E-state index < -0.39 is 10.0 Å². The number of hydrogen-bond donors (Lipinski definition) is 2. The molecule has 0 aromatic carbocycles. The number of aromatic amines is 1. The molecule has 1 aliphatic heterocycles. The van der Waals surface area contributed by atoms with E-state index in [-0.39, 0.29) is 23.8 Å². The molecule has 11 heteroatoms. The molecular formula is C17H22N6O4S. The lowest BCUT2D eigenvalue weighted by molar-refractivity contribution is 0.0953. The van der Waals surface area contributed by atoms with E-state index in [0.29, 0.717) is 44.1 Å². The van der Waals surface area contributed by atoms with Gasteiger partial charge >= 0.3 is 0 Å². The first-order valence-corrected chi connectivity index (χ1v) is 10.5. The van der Waals surface area contributed by atoms with E-state index in [0.717, 1.165) is 0 Å². The molecule has 28 heavy (non-hydrogen) atoms. The van der Waals surface area contributed by atoms with Crippen LogP contribution in [0.5, 0.6) is 0 Å². The summed E-state index contributed by atoms with van der Waals surface area (Å²) in [6.07, 6.45) is 4.95. The van der Waals surface area contributed by atoms with E-state index in [1.54, 1.807) is 18.5 Å². The zero-order valence-electron chi connectivity index (χ0n) is 15.2. The van der Waals surface area contributed by atoms with Gasteiger partial charge in [-0.2, -0.15) is 4.31 Å². The van der Waals surface area contributed by atoms with E-state index in [4.69, 9.17) is 0 Å². The van der Waals surface area contributed by atoms with E-state index in [1.165, 1.54) is 22.6 Å². The van der Waals surface area contributed by atoms with Gasteiger partial charge in [0.2, 0.25) is 21.5 Å². The molecule has 1 fully saturated rings. The molecule has 10 nitrogen and oxygen atoms in total. The van der Waals surface area contributed by atoms with Gasteiger partial charge < -0.3 is 15.2 Å². The number of nitrogens with zero attached hydrogens (tertiary/aromatic N) is 4. The average Bonchev–Trinajstić information content (AvgIpc) is 2.72. The van der Waals surface area contributed by atoms with Gasteiger partial charge in [-0.3, -0.25) is 9.59 Å². The first kappa shape index (κ1) is 20.0. The number of pyridine rings is 1. The predicted octanol–water partition coefficient (Wildman–Crippen LogP) is -0.563. The van der Waals surface area contributed by atoms with Gasteiger partial charge in [-0.15, -0.1) is 0 Å². The Balaban J connectivity index is 1.42. The van der Waals surface area contributed by atoms with Gasteiger partial charge in [0, 0.05) is 57.4 Å². The lowest BCUT2D eigenvalue weighted by atomic mass is 10.2. The van der Waals surface area contributed by atoms with Crippen LogP contribution in [0.2, 0.25) is 0 Å². The van der Waals surface area contributed by atoms with Gasteiger partial charge in [0.1, 0.15) is 0 Å². The van der Waals surface area contributed by atoms with Crippen molar-refractivity contribution >= 4 is 21.9 Å². The van der Waals surface area contributed by atoms with Crippen molar-refractivity contribution in [2.45, 2.75) is 6.42 Å². The summed E-state index contributed by atoms with van der Waals surface area (Å²) in [6.45, 7) is 2.06. The van der Waals surface area contributed by atoms with Gasteiger partial charge in [-0.1, -0.05) is 0 Å². The van der Waals surface area contributed by atoms with E-state index >= 15 is 0 Å². The SMILES string of the molecule is O=C(NCCCS(=O)(=O)N1CCN(c2ncccn2)CC1)c1ccc(=O)[nH]c1. The van der Waals surface area contributed by atoms with Crippen molar-refractivity contribution in [2.75, 3.05) is 43.4 Å². The summed E-state index contributed by atoms with van der Waals surface area (Å²) in [5.74, 6) is 0.204. The first-order chi connectivity index (χ1) is 13.5. The molecule has 0 unspecified atom stereocenters. The summed E-state index contributed by atoms with van der Waals surface area (Å²) in [7, 11) is -3.39. The van der Waals surface area contributed by atoms with Crippen LogP contribution in [0.3, 0.4) is 0 Å². The summed E-state index contributed by atoms with van der Waals surface area (Å²) in [5.41, 5.74) is 0.0308. The number of amides is 1. The highest BCUT2D eigenvalue weighted by atomic mass is 32.2. The highest BCUT2D eigenvalue weighted by Crippen LogP contribution is 2.13. The van der Waals surface area contributed by atoms with E-state index in [2.05, 4.69) is 20.3 Å². The number of sulfonamides is 1. The average molecular weight is 406 g/mol. The maximum Gasteiger partial charge on any atom is 0.252 e. The number of rotatable bonds is 7. The monoisotopic (exact) mass is 406 g/mol. The molecule has 2 N–H and O–H groups in total. The Kier molecular flexibility index (Phi) is 6.37. The minimum atomic E-state index is -3.39. The smallest absolute Gasteiger partial charge is 0.252 e. The van der Waals surface area contributed by atoms with Gasteiger partial charge in [0.25, 0.3) is 5.91 Å². The molecule has 1 saturated heterocycles. The Morgan fingerprint density at radius 2 is 1.86 bits per heavy atom. The van der Waals surface area contributed by atoms with Crippen molar-refractivity contribution < 1.29 is 13.2 Å². The maximum absolute atomic E-state index is 12.5. The molecule has 0 aliphatic carbocycles. The minimum Gasteiger partial charge on any atom is -0.352 e. The van der Waals surface area contributed by atoms with Gasteiger partial charge in [-0.05, 0) is 18.6 Å². The molecule has 0 atom stereocenters. The lowest BCUT2D eigenvalue weighted by Gasteiger charge is -2.33. The summed E-state index contributed by atoms with van der Waals surface area (Å²) >= 11 is 0. The first-order valence-electron chi connectivity index (χ1n) is 8.92. The highest BCUT2D eigenvalue weighted by molar-refractivity contribution is 7.89. The van der Waals surface area contributed by atoms with E-state index in [9.17, 15) is 18.0 Å². The fourth-order valence-electron chi connectivity index (χ4n) is 2.86. The molecule has 0 bridgehead atoms. The molecule has 0 saturated carbocycles. The molecule has 3 rings (SSSR count). The number of H-pyrrole nitrogens is 1. The number of carbonyl (C=O) groups is 1. The molecule has 1 aliphatic rings. The molecule has 2 aromatic rings. The number of carbonyl (C=O) groups excluding carboxylic acids is 1. The van der Waals surface area contributed by atoms with Crippen LogP contribution < -0.4 is 15.8 Å². The third-order valence-corrected chi connectivity index (χ3v) is 6.33. The van der Waals surface area contributed by atoms with Crippen molar-refractivity contribution in [1.82, 2.24) is 24.6 Å². The summed E-state index contributed by atoms with van der Waals surface area (Å²) in [4.78, 5) is 35.7. The van der Waals surface area contributed by atoms with Crippen LogP contribution in [0.4, 0.5) is 5.95 Å². The Labute approximate surface area is 162 Å². The second-order valence-corrected chi connectivity index (χ2v) is 8.39. The predicted molar refractivity (Wildman–Crippen MR) is 104 cm³/mol. The Morgan fingerprint density at radius 1 is 1.14 bits per heavy atom. The van der Waals surface area contributed by atoms with Crippen LogP contribution in [0.15, 0.2) is 41.6 Å². The second-order valence-electron chi connectivity index (χ2n) is 6.30. The number of anilines is 1. The molecule has 0 radical (unpaired) electrons. The zero-order chi connectivity index (χ0) is 20.0. The van der Waals surface area contributed by atoms with Crippen LogP contribution in [0.1, 0.15) is 16.8 Å². The quantitative estimate of drug-likeness (QED) is 0.590. The van der Waals surface area contributed by atoms with Gasteiger partial charge in [0.15, 0.2) is 0 Å². The van der Waals surface area contributed by atoms with Crippen LogP contribution >= 0.6 is 0 Å². The molecule has 1 amide bonds. The minimum absolute atomic E-state index is 0.0409. The van der Waals surface area contributed by atoms with Crippen LogP contribution in [0, 0.1) is 0 Å². The van der Waals surface area contributed by atoms with Crippen LogP contribution in [-0.4, -0.2) is 72.1 Å². The standard InChI is InChI=1S/C17H22N6O4S/c24-15-4-3-14(13-21-15)16(25)18-7-2-12-28(26,27)23-10-8-22(9-11-23)17-19-5-1-6-20-17/h1,3-6,13H,2,7-12H2,(H,18,25)(H,21,24). The summed E-state index contributed by atoms with van der Waals surface area (Å²) < 4.78 is 26.5. The summed E-state index contributed by atoms with van der Waals surface area (Å²) in [6, 6.07) is 4.42. The molecule has 2 aromatic heterocycles. The van der Waals surface area contributed by atoms with E-state index in [1.807, 2.05) is 4.90 Å². The van der Waals surface area contributed by atoms with Crippen molar-refractivity contribution in [3.8, 4) is 0 Å². The highest BCUT2D eigenvalue weighted by Gasteiger charge is 2.27. The number of piperazine rings is 1. The number of aromatic nitrogens is 3. The molecule has 0 spiro atoms. The zero-order valence-corrected chi connectivity index (χ0v) is 16.1. The fourth-order valence-corrected chi connectivity index (χ4v) is 4.35. The van der Waals surface area contributed by atoms with Gasteiger partial charge in [0.05, 0.1) is 11.3 Å². The van der Waals surface area contributed by atoms with Crippen LogP contribution in [0.25, 0.3) is 0 Å². The Hall–Kier alpha value is -2.79. The number of hydrogen-bond acceptors (Lipinski definition) is 7. The second kappa shape index (κ2) is 8.93. The van der Waals surface area contributed by atoms with Gasteiger partial charge in [-0.25, -0.2) is 18.4 Å². The largest absolute Gasteiger partial charge is 0.352 e. The third-order valence-electron chi connectivity index (χ3n) is 4.38. The van der Waals surface area contributed by atoms with Crippen LogP contribution in [-0.2, 0) is 10.0 Å².